The summed E-state index contributed by atoms with van der Waals surface area (Å²) < 4.78 is 0. The molecule has 0 N–H and O–H groups in total. The van der Waals surface area contributed by atoms with Gasteiger partial charge in [-0.15, -0.1) is 0 Å². The molecule has 4 heteroatoms. The molecule has 0 heterocycles. The van der Waals surface area contributed by atoms with Gasteiger partial charge in [0.1, 0.15) is 0 Å². The zero-order valence-electron chi connectivity index (χ0n) is 15.7. The Morgan fingerprint density at radius 2 is 1.23 bits per heavy atom. The van der Waals surface area contributed by atoms with Gasteiger partial charge in [-0.25, -0.2) is 0 Å². The smallest absolute Gasteiger partial charge is 0.242 e. The molecule has 141 valence electrons. The van der Waals surface area contributed by atoms with Gasteiger partial charge in [-0.1, -0.05) is 67.7 Å². The Kier molecular flexibility index (Phi) is 17.0. The highest BCUT2D eigenvalue weighted by Gasteiger charge is 2.03. The van der Waals surface area contributed by atoms with Crippen molar-refractivity contribution in [1.29, 1.82) is 0 Å². The Balaban J connectivity index is 3.70. The van der Waals surface area contributed by atoms with Gasteiger partial charge in [0.15, 0.2) is 6.29 Å². The Morgan fingerprint density at radius 1 is 0.808 bits per heavy atom. The summed E-state index contributed by atoms with van der Waals surface area (Å²) in [6.07, 6.45) is 30.2. The first kappa shape index (κ1) is 23.5. The van der Waals surface area contributed by atoms with E-state index in [1.165, 1.54) is 0 Å². The lowest BCUT2D eigenvalue weighted by Gasteiger charge is -1.91. The van der Waals surface area contributed by atoms with Crippen molar-refractivity contribution in [3.05, 3.63) is 82.6 Å². The minimum absolute atomic E-state index is 0.275. The maximum Gasteiger partial charge on any atom is 0.242 e. The van der Waals surface area contributed by atoms with Crippen molar-refractivity contribution in [2.45, 2.75) is 58.3 Å². The van der Waals surface area contributed by atoms with Crippen molar-refractivity contribution in [3.63, 3.8) is 0 Å². The van der Waals surface area contributed by atoms with Crippen LogP contribution in [0.3, 0.4) is 0 Å². The third-order valence-electron chi connectivity index (χ3n) is 3.42. The van der Waals surface area contributed by atoms with Crippen LogP contribution in [0.1, 0.15) is 58.3 Å². The zero-order chi connectivity index (χ0) is 19.3. The van der Waals surface area contributed by atoms with E-state index < -0.39 is 0 Å². The Bertz CT molecular complexity index is 552. The largest absolute Gasteiger partial charge is 0.291 e. The van der Waals surface area contributed by atoms with Crippen LogP contribution in [0.5, 0.6) is 0 Å². The van der Waals surface area contributed by atoms with Crippen LogP contribution in [0.15, 0.2) is 72.5 Å². The number of nitro groups is 1. The molecule has 0 spiro atoms. The molecule has 0 amide bonds. The van der Waals surface area contributed by atoms with Crippen molar-refractivity contribution in [2.24, 2.45) is 0 Å². The van der Waals surface area contributed by atoms with Gasteiger partial charge in [-0.3, -0.25) is 14.9 Å². The van der Waals surface area contributed by atoms with Crippen LogP contribution in [0.2, 0.25) is 0 Å². The average Bonchev–Trinajstić information content (AvgIpc) is 2.63. The molecule has 0 rings (SSSR count). The number of allylic oxidation sites excluding steroid dienone is 12. The molecular formula is C22H30NO3. The number of hydrogen-bond acceptors (Lipinski definition) is 3. The third-order valence-corrected chi connectivity index (χ3v) is 3.42. The fourth-order valence-electron chi connectivity index (χ4n) is 1.99. The summed E-state index contributed by atoms with van der Waals surface area (Å²) in [6, 6.07) is 0. The van der Waals surface area contributed by atoms with E-state index in [1.807, 2.05) is 24.5 Å². The van der Waals surface area contributed by atoms with Crippen LogP contribution < -0.4 is 0 Å². The SMILES string of the molecule is CC/C(=C/C/C=C/C/C=C/C/C=C/C/C=C/C/C=C/CC[C]=O)[N+](=O)[O-]. The number of hydrogen-bond donors (Lipinski definition) is 0. The molecule has 0 unspecified atom stereocenters. The number of carbonyl (C=O) groups excluding carboxylic acids is 1. The van der Waals surface area contributed by atoms with Crippen molar-refractivity contribution in [2.75, 3.05) is 0 Å². The first-order valence-electron chi connectivity index (χ1n) is 9.15. The second kappa shape index (κ2) is 18.8. The molecule has 0 aliphatic heterocycles. The van der Waals surface area contributed by atoms with E-state index in [0.29, 0.717) is 19.3 Å². The molecule has 0 aliphatic rings. The van der Waals surface area contributed by atoms with E-state index in [-0.39, 0.29) is 10.6 Å². The minimum atomic E-state index is -0.319. The normalized spacial score (nSPS) is 13.2. The molecule has 1 radical (unpaired) electrons. The Morgan fingerprint density at radius 3 is 1.62 bits per heavy atom. The van der Waals surface area contributed by atoms with Gasteiger partial charge < -0.3 is 0 Å². The molecule has 26 heavy (non-hydrogen) atoms. The zero-order valence-corrected chi connectivity index (χ0v) is 15.7. The standard InChI is InChI=1S/C22H30NO3/c1-2-22(23(25)26)20-18-16-14-12-10-8-6-4-3-5-7-9-11-13-15-17-19-21-24/h3-4,7-10,13-16,20H,2,5-6,11-12,17-19H2,1H3/b4-3+,9-7+,10-8+,15-13+,16-14+,22-20-. The van der Waals surface area contributed by atoms with E-state index >= 15 is 0 Å². The van der Waals surface area contributed by atoms with Crippen LogP contribution >= 0.6 is 0 Å². The summed E-state index contributed by atoms with van der Waals surface area (Å²) in [4.78, 5) is 20.3. The topological polar surface area (TPSA) is 60.2 Å². The van der Waals surface area contributed by atoms with E-state index in [1.54, 1.807) is 13.0 Å². The molecule has 0 aromatic carbocycles. The molecule has 0 aromatic rings. The molecular weight excluding hydrogens is 326 g/mol. The van der Waals surface area contributed by atoms with Crippen molar-refractivity contribution >= 4 is 6.29 Å². The lowest BCUT2D eigenvalue weighted by Crippen LogP contribution is -1.96. The summed E-state index contributed by atoms with van der Waals surface area (Å²) in [5.74, 6) is 0. The highest BCUT2D eigenvalue weighted by Crippen LogP contribution is 2.03. The van der Waals surface area contributed by atoms with Crippen LogP contribution in [-0.2, 0) is 4.79 Å². The van der Waals surface area contributed by atoms with E-state index in [4.69, 9.17) is 0 Å². The summed E-state index contributed by atoms with van der Waals surface area (Å²) >= 11 is 0. The molecule has 0 saturated carbocycles. The van der Waals surface area contributed by atoms with Crippen LogP contribution in [0.4, 0.5) is 0 Å². The van der Waals surface area contributed by atoms with Gasteiger partial charge in [0.25, 0.3) is 0 Å². The average molecular weight is 356 g/mol. The van der Waals surface area contributed by atoms with Gasteiger partial charge in [0.05, 0.1) is 4.92 Å². The fraction of sp³-hybridized carbons (Fsp3) is 0.409. The molecule has 0 aromatic heterocycles. The van der Waals surface area contributed by atoms with Crippen molar-refractivity contribution in [1.82, 2.24) is 0 Å². The summed E-state index contributed by atoms with van der Waals surface area (Å²) in [5.41, 5.74) is 0.275. The van der Waals surface area contributed by atoms with Gasteiger partial charge in [0, 0.05) is 12.8 Å². The van der Waals surface area contributed by atoms with E-state index in [0.717, 1.165) is 32.1 Å². The van der Waals surface area contributed by atoms with E-state index in [2.05, 4.69) is 42.5 Å². The van der Waals surface area contributed by atoms with Crippen molar-refractivity contribution < 1.29 is 9.72 Å². The summed E-state index contributed by atoms with van der Waals surface area (Å²) in [6.45, 7) is 1.79. The molecule has 0 aliphatic carbocycles. The summed E-state index contributed by atoms with van der Waals surface area (Å²) in [7, 11) is 0. The molecule has 0 bridgehead atoms. The molecule has 0 saturated heterocycles. The quantitative estimate of drug-likeness (QED) is 0.152. The third kappa shape index (κ3) is 16.4. The van der Waals surface area contributed by atoms with Gasteiger partial charge in [-0.05, 0) is 44.6 Å². The fourth-order valence-corrected chi connectivity index (χ4v) is 1.99. The first-order valence-corrected chi connectivity index (χ1v) is 9.15. The predicted octanol–water partition coefficient (Wildman–Crippen LogP) is 6.18. The van der Waals surface area contributed by atoms with Crippen LogP contribution in [-0.4, -0.2) is 11.2 Å². The monoisotopic (exact) mass is 356 g/mol. The van der Waals surface area contributed by atoms with Crippen LogP contribution in [0.25, 0.3) is 0 Å². The number of nitrogens with zero attached hydrogens (tertiary/aromatic N) is 1. The van der Waals surface area contributed by atoms with Gasteiger partial charge in [0.2, 0.25) is 5.70 Å². The van der Waals surface area contributed by atoms with Crippen molar-refractivity contribution in [3.8, 4) is 0 Å². The number of rotatable bonds is 15. The lowest BCUT2D eigenvalue weighted by molar-refractivity contribution is -0.427. The van der Waals surface area contributed by atoms with Crippen LogP contribution in [0, 0.1) is 10.1 Å². The maximum absolute atomic E-state index is 10.6. The first-order chi connectivity index (χ1) is 12.7. The predicted molar refractivity (Wildman–Crippen MR) is 109 cm³/mol. The second-order valence-electron chi connectivity index (χ2n) is 5.52. The van der Waals surface area contributed by atoms with Gasteiger partial charge >= 0.3 is 0 Å². The molecule has 4 nitrogen and oxygen atoms in total. The van der Waals surface area contributed by atoms with Gasteiger partial charge in [-0.2, -0.15) is 0 Å². The summed E-state index contributed by atoms with van der Waals surface area (Å²) in [5, 5.41) is 10.6. The minimum Gasteiger partial charge on any atom is -0.291 e. The molecule has 0 fully saturated rings. The lowest BCUT2D eigenvalue weighted by atomic mass is 10.2. The highest BCUT2D eigenvalue weighted by atomic mass is 16.6. The van der Waals surface area contributed by atoms with E-state index in [9.17, 15) is 14.9 Å². The second-order valence-corrected chi connectivity index (χ2v) is 5.52. The highest BCUT2D eigenvalue weighted by molar-refractivity contribution is 5.50. The Labute approximate surface area is 157 Å². The number of unbranched alkanes of at least 4 members (excludes halogenated alkanes) is 1. The molecule has 0 atom stereocenters. The Hall–Kier alpha value is -2.49. The maximum atomic E-state index is 10.6.